The van der Waals surface area contributed by atoms with E-state index in [1.165, 1.54) is 4.90 Å². The van der Waals surface area contributed by atoms with Gasteiger partial charge in [-0.1, -0.05) is 18.2 Å². The van der Waals surface area contributed by atoms with Crippen LogP contribution in [0.15, 0.2) is 30.3 Å². The van der Waals surface area contributed by atoms with E-state index in [0.717, 1.165) is 5.69 Å². The molecule has 2 amide bonds. The molecule has 0 aromatic heterocycles. The highest BCUT2D eigenvalue weighted by Gasteiger charge is 2.51. The average molecular weight is 302 g/mol. The number of anilines is 1. The van der Waals surface area contributed by atoms with Gasteiger partial charge >= 0.3 is 5.97 Å². The Bertz CT molecular complexity index is 616. The van der Waals surface area contributed by atoms with Crippen molar-refractivity contribution in [3.05, 3.63) is 30.3 Å². The van der Waals surface area contributed by atoms with E-state index in [1.807, 2.05) is 30.3 Å². The second-order valence-electron chi connectivity index (χ2n) is 5.87. The van der Waals surface area contributed by atoms with E-state index in [4.69, 9.17) is 5.11 Å². The van der Waals surface area contributed by atoms with Crippen LogP contribution in [0.2, 0.25) is 0 Å². The summed E-state index contributed by atoms with van der Waals surface area (Å²) in [6.07, 6.45) is 0.947. The van der Waals surface area contributed by atoms with Crippen molar-refractivity contribution < 1.29 is 19.5 Å². The molecule has 1 aliphatic heterocycles. The molecule has 1 heterocycles. The van der Waals surface area contributed by atoms with Gasteiger partial charge in [-0.3, -0.25) is 14.4 Å². The lowest BCUT2D eigenvalue weighted by atomic mass is 10.2. The lowest BCUT2D eigenvalue weighted by Crippen LogP contribution is -2.44. The van der Waals surface area contributed by atoms with Crippen LogP contribution in [-0.2, 0) is 14.4 Å². The molecule has 3 rings (SSSR count). The molecule has 3 atom stereocenters. The Kier molecular flexibility index (Phi) is 3.60. The van der Waals surface area contributed by atoms with E-state index in [-0.39, 0.29) is 11.8 Å². The van der Waals surface area contributed by atoms with Crippen molar-refractivity contribution >= 4 is 23.5 Å². The number of rotatable bonds is 4. The van der Waals surface area contributed by atoms with Crippen molar-refractivity contribution in [2.75, 3.05) is 18.5 Å². The predicted octanol–water partition coefficient (Wildman–Crippen LogP) is 0.971. The van der Waals surface area contributed by atoms with Crippen molar-refractivity contribution in [3.8, 4) is 0 Å². The lowest BCUT2D eigenvalue weighted by molar-refractivity contribution is -0.143. The fraction of sp³-hybridized carbons (Fsp3) is 0.438. The number of carbonyl (C=O) groups excluding carboxylic acids is 2. The van der Waals surface area contributed by atoms with E-state index in [9.17, 15) is 14.4 Å². The largest absolute Gasteiger partial charge is 0.481 e. The number of amides is 2. The zero-order valence-corrected chi connectivity index (χ0v) is 12.3. The summed E-state index contributed by atoms with van der Waals surface area (Å²) in [5.41, 5.74) is 0.825. The molecule has 22 heavy (non-hydrogen) atoms. The Balaban J connectivity index is 1.67. The first-order valence-electron chi connectivity index (χ1n) is 7.36. The second-order valence-corrected chi connectivity index (χ2v) is 5.87. The molecule has 6 nitrogen and oxygen atoms in total. The summed E-state index contributed by atoms with van der Waals surface area (Å²) in [5.74, 6) is -2.33. The third-order valence-electron chi connectivity index (χ3n) is 4.49. The van der Waals surface area contributed by atoms with Gasteiger partial charge in [-0.2, -0.15) is 0 Å². The predicted molar refractivity (Wildman–Crippen MR) is 79.2 cm³/mol. The van der Waals surface area contributed by atoms with Gasteiger partial charge in [-0.25, -0.2) is 0 Å². The molecule has 0 spiro atoms. The Morgan fingerprint density at radius 3 is 2.50 bits per heavy atom. The first-order valence-corrected chi connectivity index (χ1v) is 7.36. The molecule has 1 aliphatic carbocycles. The van der Waals surface area contributed by atoms with Crippen LogP contribution in [0.1, 0.15) is 12.8 Å². The number of likely N-dealkylation sites (N-methyl/N-ethyl adjacent to an activating group) is 1. The minimum absolute atomic E-state index is 0.102. The van der Waals surface area contributed by atoms with Crippen molar-refractivity contribution in [2.45, 2.75) is 18.9 Å². The molecule has 2 aliphatic rings. The average Bonchev–Trinajstić information content (AvgIpc) is 3.24. The van der Waals surface area contributed by atoms with Gasteiger partial charge in [0.15, 0.2) is 0 Å². The van der Waals surface area contributed by atoms with Crippen LogP contribution in [0.3, 0.4) is 0 Å². The van der Waals surface area contributed by atoms with Gasteiger partial charge in [0.1, 0.15) is 6.04 Å². The molecule has 1 N–H and O–H groups in total. The van der Waals surface area contributed by atoms with Gasteiger partial charge < -0.3 is 14.9 Å². The van der Waals surface area contributed by atoms with Crippen LogP contribution in [0.25, 0.3) is 0 Å². The molecule has 1 aromatic carbocycles. The van der Waals surface area contributed by atoms with Gasteiger partial charge in [-0.05, 0) is 25.0 Å². The smallest absolute Gasteiger partial charge is 0.307 e. The molecule has 0 radical (unpaired) electrons. The first-order chi connectivity index (χ1) is 10.5. The number of benzene rings is 1. The van der Waals surface area contributed by atoms with Crippen LogP contribution in [0.4, 0.5) is 5.69 Å². The number of nitrogens with zero attached hydrogens (tertiary/aromatic N) is 2. The van der Waals surface area contributed by atoms with Gasteiger partial charge in [0.05, 0.1) is 11.8 Å². The summed E-state index contributed by atoms with van der Waals surface area (Å²) in [7, 11) is 1.59. The number of carbonyl (C=O) groups is 3. The summed E-state index contributed by atoms with van der Waals surface area (Å²) in [4.78, 5) is 38.8. The molecule has 1 saturated carbocycles. The molecule has 6 heteroatoms. The summed E-state index contributed by atoms with van der Waals surface area (Å²) >= 11 is 0. The van der Waals surface area contributed by atoms with E-state index >= 15 is 0 Å². The quantitative estimate of drug-likeness (QED) is 0.899. The van der Waals surface area contributed by atoms with Gasteiger partial charge in [0, 0.05) is 19.3 Å². The number of carboxylic acids is 1. The standard InChI is InChI=1S/C16H18N2O4/c1-17(14(19)11-9-12(11)16(21)22)13-7-8-18(15(13)20)10-5-3-2-4-6-10/h2-6,11-13H,7-9H2,1H3,(H,21,22). The maximum absolute atomic E-state index is 12.5. The molecule has 1 aromatic rings. The van der Waals surface area contributed by atoms with E-state index in [2.05, 4.69) is 0 Å². The third-order valence-corrected chi connectivity index (χ3v) is 4.49. The topological polar surface area (TPSA) is 77.9 Å². The number of carboxylic acid groups (broad SMARTS) is 1. The second kappa shape index (κ2) is 5.44. The molecule has 0 bridgehead atoms. The number of hydrogen-bond donors (Lipinski definition) is 1. The molecular formula is C16H18N2O4. The maximum Gasteiger partial charge on any atom is 0.307 e. The Morgan fingerprint density at radius 2 is 1.91 bits per heavy atom. The minimum atomic E-state index is -0.935. The van der Waals surface area contributed by atoms with Crippen molar-refractivity contribution in [3.63, 3.8) is 0 Å². The Labute approximate surface area is 128 Å². The minimum Gasteiger partial charge on any atom is -0.481 e. The maximum atomic E-state index is 12.5. The van der Waals surface area contributed by atoms with Crippen LogP contribution in [-0.4, -0.2) is 47.4 Å². The number of hydrogen-bond acceptors (Lipinski definition) is 3. The number of para-hydroxylation sites is 1. The summed E-state index contributed by atoms with van der Waals surface area (Å²) in [5, 5.41) is 8.92. The molecular weight excluding hydrogens is 284 g/mol. The van der Waals surface area contributed by atoms with Crippen LogP contribution < -0.4 is 4.90 Å². The summed E-state index contributed by atoms with van der Waals surface area (Å²) < 4.78 is 0. The highest BCUT2D eigenvalue weighted by molar-refractivity contribution is 6.02. The molecule has 1 saturated heterocycles. The Hall–Kier alpha value is -2.37. The van der Waals surface area contributed by atoms with Crippen molar-refractivity contribution in [1.29, 1.82) is 0 Å². The van der Waals surface area contributed by atoms with Gasteiger partial charge in [0.25, 0.3) is 0 Å². The van der Waals surface area contributed by atoms with Crippen LogP contribution in [0, 0.1) is 11.8 Å². The normalized spacial score (nSPS) is 26.9. The van der Waals surface area contributed by atoms with Crippen molar-refractivity contribution in [1.82, 2.24) is 4.90 Å². The van der Waals surface area contributed by atoms with E-state index < -0.39 is 23.8 Å². The number of aliphatic carboxylic acids is 1. The SMILES string of the molecule is CN(C(=O)C1CC1C(=O)O)C1CCN(c2ccccc2)C1=O. The first kappa shape index (κ1) is 14.6. The van der Waals surface area contributed by atoms with Gasteiger partial charge in [-0.15, -0.1) is 0 Å². The summed E-state index contributed by atoms with van der Waals surface area (Å²) in [6, 6.07) is 8.85. The highest BCUT2D eigenvalue weighted by atomic mass is 16.4. The zero-order valence-electron chi connectivity index (χ0n) is 12.3. The third kappa shape index (κ3) is 2.45. The molecule has 2 fully saturated rings. The highest BCUT2D eigenvalue weighted by Crippen LogP contribution is 2.40. The summed E-state index contributed by atoms with van der Waals surface area (Å²) in [6.45, 7) is 0.568. The Morgan fingerprint density at radius 1 is 1.23 bits per heavy atom. The van der Waals surface area contributed by atoms with Crippen molar-refractivity contribution in [2.24, 2.45) is 11.8 Å². The fourth-order valence-electron chi connectivity index (χ4n) is 3.04. The fourth-order valence-corrected chi connectivity index (χ4v) is 3.04. The zero-order chi connectivity index (χ0) is 15.9. The van der Waals surface area contributed by atoms with Crippen LogP contribution in [0.5, 0.6) is 0 Å². The molecule has 3 unspecified atom stereocenters. The van der Waals surface area contributed by atoms with E-state index in [1.54, 1.807) is 11.9 Å². The van der Waals surface area contributed by atoms with Crippen LogP contribution >= 0.6 is 0 Å². The monoisotopic (exact) mass is 302 g/mol. The van der Waals surface area contributed by atoms with E-state index in [0.29, 0.717) is 19.4 Å². The lowest BCUT2D eigenvalue weighted by Gasteiger charge is -2.24. The molecule has 116 valence electrons. The van der Waals surface area contributed by atoms with Gasteiger partial charge in [0.2, 0.25) is 11.8 Å².